The van der Waals surface area contributed by atoms with Gasteiger partial charge in [0.2, 0.25) is 0 Å². The van der Waals surface area contributed by atoms with Gasteiger partial charge in [0.25, 0.3) is 5.69 Å². The van der Waals surface area contributed by atoms with Gasteiger partial charge in [0.05, 0.1) is 25.2 Å². The topological polar surface area (TPSA) is 84.6 Å². The van der Waals surface area contributed by atoms with E-state index >= 15 is 0 Å². The van der Waals surface area contributed by atoms with E-state index < -0.39 is 14.6 Å². The number of benzene rings is 1. The first-order valence-electron chi connectivity index (χ1n) is 4.39. The zero-order chi connectivity index (χ0) is 11.9. The molecule has 1 atom stereocenters. The minimum absolute atomic E-state index is 0.119. The third kappa shape index (κ3) is 1.65. The lowest BCUT2D eigenvalue weighted by atomic mass is 10.3. The van der Waals surface area contributed by atoms with Gasteiger partial charge in [0, 0.05) is 12.1 Å². The molecule has 6 nitrogen and oxygen atoms in total. The molecule has 1 aliphatic rings. The maximum Gasteiger partial charge on any atom is 0.270 e. The van der Waals surface area contributed by atoms with Crippen LogP contribution in [0.3, 0.4) is 0 Å². The highest BCUT2D eigenvalue weighted by molar-refractivity contribution is 7.99. The fourth-order valence-electron chi connectivity index (χ4n) is 1.48. The van der Waals surface area contributed by atoms with Crippen LogP contribution in [0, 0.1) is 10.1 Å². The molecule has 2 rings (SSSR count). The van der Waals surface area contributed by atoms with Crippen LogP contribution in [0.4, 0.5) is 11.4 Å². The van der Waals surface area contributed by atoms with Crippen LogP contribution < -0.4 is 5.32 Å². The molecule has 16 heavy (non-hydrogen) atoms. The summed E-state index contributed by atoms with van der Waals surface area (Å²) in [5.74, 6) is 3.99. The molecule has 0 saturated heterocycles. The molecule has 1 aliphatic heterocycles. The van der Waals surface area contributed by atoms with Crippen LogP contribution in [0.25, 0.3) is 0 Å². The van der Waals surface area contributed by atoms with Crippen molar-refractivity contribution in [2.24, 2.45) is 4.40 Å². The van der Waals surface area contributed by atoms with Crippen molar-refractivity contribution in [2.45, 2.75) is 11.8 Å². The van der Waals surface area contributed by atoms with Crippen LogP contribution in [0.5, 0.6) is 0 Å². The first-order chi connectivity index (χ1) is 7.40. The van der Waals surface area contributed by atoms with Crippen LogP contribution >= 0.6 is 0 Å². The van der Waals surface area contributed by atoms with Crippen LogP contribution in [0.2, 0.25) is 0 Å². The second-order valence-electron chi connectivity index (χ2n) is 3.38. The molecule has 1 aromatic carbocycles. The number of hydrogen-bond acceptors (Lipinski definition) is 4. The third-order valence-corrected chi connectivity index (χ3v) is 3.71. The van der Waals surface area contributed by atoms with Gasteiger partial charge in [-0.05, 0) is 18.9 Å². The number of hydrogen-bond donors (Lipinski definition) is 1. The Morgan fingerprint density at radius 2 is 2.25 bits per heavy atom. The lowest BCUT2D eigenvalue weighted by Gasteiger charge is -2.18. The van der Waals surface area contributed by atoms with Crippen molar-refractivity contribution < 1.29 is 9.13 Å². The van der Waals surface area contributed by atoms with Crippen LogP contribution in [-0.2, 0) is 9.71 Å². The fraction of sp³-hybridized carbons (Fsp3) is 0.111. The standard InChI is InChI=1S/C9H9N3O3S/c1-6-10-8-4-3-7(12(13)14)5-9(8)16(2,15)11-6/h3-5H,2H2,1H3,(H,10,11,15). The molecule has 1 heterocycles. The van der Waals surface area contributed by atoms with Crippen molar-refractivity contribution in [1.82, 2.24) is 0 Å². The van der Waals surface area contributed by atoms with Crippen molar-refractivity contribution in [3.63, 3.8) is 0 Å². The predicted molar refractivity (Wildman–Crippen MR) is 63.4 cm³/mol. The van der Waals surface area contributed by atoms with Gasteiger partial charge in [-0.2, -0.15) is 4.40 Å². The van der Waals surface area contributed by atoms with Crippen molar-refractivity contribution in [1.29, 1.82) is 0 Å². The van der Waals surface area contributed by atoms with Gasteiger partial charge in [0.1, 0.15) is 5.84 Å². The highest BCUT2D eigenvalue weighted by Crippen LogP contribution is 2.30. The summed E-state index contributed by atoms with van der Waals surface area (Å²) < 4.78 is 15.9. The summed E-state index contributed by atoms with van der Waals surface area (Å²) in [4.78, 5) is 10.3. The van der Waals surface area contributed by atoms with Gasteiger partial charge in [0.15, 0.2) is 0 Å². The molecular formula is C9H9N3O3S. The zero-order valence-electron chi connectivity index (χ0n) is 8.47. The minimum Gasteiger partial charge on any atom is -0.342 e. The molecule has 0 bridgehead atoms. The normalized spacial score (nSPS) is 22.9. The highest BCUT2D eigenvalue weighted by atomic mass is 32.2. The maximum absolute atomic E-state index is 12.1. The van der Waals surface area contributed by atoms with E-state index in [4.69, 9.17) is 0 Å². The smallest absolute Gasteiger partial charge is 0.270 e. The van der Waals surface area contributed by atoms with Crippen molar-refractivity contribution in [3.05, 3.63) is 28.3 Å². The number of fused-ring (bicyclic) bond motifs is 1. The van der Waals surface area contributed by atoms with Gasteiger partial charge >= 0.3 is 0 Å². The van der Waals surface area contributed by atoms with E-state index in [2.05, 4.69) is 15.6 Å². The lowest BCUT2D eigenvalue weighted by Crippen LogP contribution is -2.18. The number of nitrogens with one attached hydrogen (secondary N) is 1. The molecule has 7 heteroatoms. The van der Waals surface area contributed by atoms with Gasteiger partial charge in [-0.25, -0.2) is 4.21 Å². The molecule has 0 radical (unpaired) electrons. The van der Waals surface area contributed by atoms with E-state index in [0.717, 1.165) is 0 Å². The Hall–Kier alpha value is -1.89. The zero-order valence-corrected chi connectivity index (χ0v) is 9.28. The second-order valence-corrected chi connectivity index (χ2v) is 5.28. The Morgan fingerprint density at radius 1 is 1.56 bits per heavy atom. The Kier molecular flexibility index (Phi) is 2.20. The summed E-state index contributed by atoms with van der Waals surface area (Å²) in [7, 11) is -2.83. The second kappa shape index (κ2) is 3.31. The Bertz CT molecular complexity index is 604. The number of rotatable bonds is 1. The van der Waals surface area contributed by atoms with E-state index in [1.807, 2.05) is 0 Å². The minimum atomic E-state index is -2.83. The Balaban J connectivity index is 2.68. The number of nitro groups is 1. The first kappa shape index (κ1) is 10.6. The van der Waals surface area contributed by atoms with Crippen LogP contribution in [0.15, 0.2) is 27.5 Å². The molecule has 0 aliphatic carbocycles. The molecular weight excluding hydrogens is 230 g/mol. The number of nitro benzene ring substituents is 1. The summed E-state index contributed by atoms with van der Waals surface area (Å²) >= 11 is 0. The fourth-order valence-corrected chi connectivity index (χ4v) is 2.83. The highest BCUT2D eigenvalue weighted by Gasteiger charge is 2.21. The molecule has 84 valence electrons. The summed E-state index contributed by atoms with van der Waals surface area (Å²) in [6, 6.07) is 4.10. The molecule has 1 unspecified atom stereocenters. The van der Waals surface area contributed by atoms with Crippen LogP contribution in [-0.4, -0.2) is 20.8 Å². The number of anilines is 1. The van der Waals surface area contributed by atoms with Crippen LogP contribution in [0.1, 0.15) is 6.92 Å². The summed E-state index contributed by atoms with van der Waals surface area (Å²) in [5, 5.41) is 13.5. The van der Waals surface area contributed by atoms with Crippen molar-refractivity contribution in [2.75, 3.05) is 5.32 Å². The van der Waals surface area contributed by atoms with E-state index in [1.54, 1.807) is 6.92 Å². The Morgan fingerprint density at radius 3 is 2.88 bits per heavy atom. The number of non-ortho nitro benzene ring substituents is 1. The van der Waals surface area contributed by atoms with Gasteiger partial charge in [-0.1, -0.05) is 0 Å². The lowest BCUT2D eigenvalue weighted by molar-refractivity contribution is -0.385. The molecule has 0 aromatic heterocycles. The largest absolute Gasteiger partial charge is 0.342 e. The van der Waals surface area contributed by atoms with Gasteiger partial charge in [-0.15, -0.1) is 0 Å². The summed E-state index contributed by atoms with van der Waals surface area (Å²) in [6.07, 6.45) is 0. The SMILES string of the molecule is C=S1(=O)N=C(C)Nc2ccc([N+](=O)[O-])cc21. The number of amidine groups is 1. The molecule has 1 N–H and O–H groups in total. The van der Waals surface area contributed by atoms with E-state index in [0.29, 0.717) is 11.5 Å². The Labute approximate surface area is 92.3 Å². The third-order valence-electron chi connectivity index (χ3n) is 2.12. The molecule has 1 aromatic rings. The number of nitrogens with zero attached hydrogens (tertiary/aromatic N) is 2. The van der Waals surface area contributed by atoms with E-state index in [1.165, 1.54) is 18.2 Å². The molecule has 0 fully saturated rings. The quantitative estimate of drug-likeness (QED) is 0.456. The average Bonchev–Trinajstić information content (AvgIpc) is 2.15. The van der Waals surface area contributed by atoms with Crippen molar-refractivity contribution >= 4 is 32.8 Å². The first-order valence-corrected chi connectivity index (χ1v) is 6.08. The summed E-state index contributed by atoms with van der Waals surface area (Å²) in [5.41, 5.74) is 0.435. The van der Waals surface area contributed by atoms with E-state index in [-0.39, 0.29) is 10.6 Å². The van der Waals surface area contributed by atoms with E-state index in [9.17, 15) is 14.3 Å². The molecule has 0 spiro atoms. The van der Waals surface area contributed by atoms with Crippen molar-refractivity contribution in [3.8, 4) is 0 Å². The predicted octanol–water partition coefficient (Wildman–Crippen LogP) is 1.43. The summed E-state index contributed by atoms with van der Waals surface area (Å²) in [6.45, 7) is 1.66. The van der Waals surface area contributed by atoms with Gasteiger partial charge in [-0.3, -0.25) is 10.1 Å². The monoisotopic (exact) mass is 239 g/mol. The van der Waals surface area contributed by atoms with Gasteiger partial charge < -0.3 is 5.32 Å². The average molecular weight is 239 g/mol. The maximum atomic E-state index is 12.1. The molecule has 0 amide bonds. The molecule has 0 saturated carbocycles.